The number of carbonyl (C=O) groups is 1. The van der Waals surface area contributed by atoms with E-state index >= 15 is 0 Å². The van der Waals surface area contributed by atoms with Crippen LogP contribution in [-0.4, -0.2) is 67.5 Å². The summed E-state index contributed by atoms with van der Waals surface area (Å²) in [6, 6.07) is 0.538. The Morgan fingerprint density at radius 3 is 2.42 bits per heavy atom. The van der Waals surface area contributed by atoms with Crippen molar-refractivity contribution in [3.8, 4) is 0 Å². The van der Waals surface area contributed by atoms with Gasteiger partial charge in [0.2, 0.25) is 5.91 Å². The smallest absolute Gasteiger partial charge is 0.217 e. The highest BCUT2D eigenvalue weighted by molar-refractivity contribution is 5.80. The molecule has 2 heterocycles. The molecule has 6 heteroatoms. The normalized spacial score (nSPS) is 24.4. The molecule has 2 aliphatic rings. The van der Waals surface area contributed by atoms with Crippen molar-refractivity contribution in [3.05, 3.63) is 0 Å². The molecule has 2 unspecified atom stereocenters. The van der Waals surface area contributed by atoms with Crippen molar-refractivity contribution in [2.75, 3.05) is 39.8 Å². The van der Waals surface area contributed by atoms with Crippen LogP contribution in [0.1, 0.15) is 58.8 Å². The second kappa shape index (κ2) is 10.8. The Balaban J connectivity index is 1.91. The summed E-state index contributed by atoms with van der Waals surface area (Å²) >= 11 is 0. The van der Waals surface area contributed by atoms with Crippen molar-refractivity contribution in [3.63, 3.8) is 0 Å². The zero-order valence-electron chi connectivity index (χ0n) is 17.0. The summed E-state index contributed by atoms with van der Waals surface area (Å²) in [7, 11) is 1.86. The van der Waals surface area contributed by atoms with Gasteiger partial charge in [-0.15, -0.1) is 0 Å². The quantitative estimate of drug-likeness (QED) is 0.558. The summed E-state index contributed by atoms with van der Waals surface area (Å²) < 4.78 is 0. The fourth-order valence-corrected chi connectivity index (χ4v) is 4.45. The Bertz CT molecular complexity index is 457. The number of piperidine rings is 1. The van der Waals surface area contributed by atoms with Crippen molar-refractivity contribution in [2.24, 2.45) is 22.6 Å². The Kier molecular flexibility index (Phi) is 8.69. The lowest BCUT2D eigenvalue weighted by molar-refractivity contribution is -0.119. The molecule has 1 amide bonds. The van der Waals surface area contributed by atoms with E-state index in [0.29, 0.717) is 24.3 Å². The van der Waals surface area contributed by atoms with E-state index in [9.17, 15) is 4.79 Å². The van der Waals surface area contributed by atoms with Crippen molar-refractivity contribution in [1.29, 1.82) is 0 Å². The summed E-state index contributed by atoms with van der Waals surface area (Å²) in [5.41, 5.74) is 5.40. The average Bonchev–Trinajstić information content (AvgIpc) is 2.87. The molecule has 2 fully saturated rings. The predicted octanol–water partition coefficient (Wildman–Crippen LogP) is 2.05. The largest absolute Gasteiger partial charge is 0.370 e. The van der Waals surface area contributed by atoms with Crippen molar-refractivity contribution >= 4 is 11.9 Å². The highest BCUT2D eigenvalue weighted by atomic mass is 16.1. The number of primary amides is 1. The standard InChI is InChI=1S/C20H39N5O/c1-16(2)18(24-10-6-4-5-7-11-24)14-23-20(22-3)25-12-8-9-17(15-25)13-19(21)26/h16-18H,4-15H2,1-3H3,(H2,21,26)(H,22,23). The minimum Gasteiger partial charge on any atom is -0.370 e. The molecule has 0 aromatic rings. The molecule has 3 N–H and O–H groups in total. The minimum atomic E-state index is -0.194. The van der Waals surface area contributed by atoms with E-state index in [1.165, 1.54) is 38.8 Å². The maximum atomic E-state index is 11.3. The van der Waals surface area contributed by atoms with Crippen molar-refractivity contribution < 1.29 is 4.79 Å². The molecule has 6 nitrogen and oxygen atoms in total. The van der Waals surface area contributed by atoms with Crippen LogP contribution in [0.3, 0.4) is 0 Å². The molecule has 26 heavy (non-hydrogen) atoms. The zero-order chi connectivity index (χ0) is 18.9. The van der Waals surface area contributed by atoms with Gasteiger partial charge in [-0.3, -0.25) is 14.7 Å². The van der Waals surface area contributed by atoms with Gasteiger partial charge in [0.1, 0.15) is 0 Å². The van der Waals surface area contributed by atoms with Crippen molar-refractivity contribution in [2.45, 2.75) is 64.8 Å². The van der Waals surface area contributed by atoms with Crippen LogP contribution in [0.25, 0.3) is 0 Å². The summed E-state index contributed by atoms with van der Waals surface area (Å²) in [6.45, 7) is 9.89. The third kappa shape index (κ3) is 6.45. The van der Waals surface area contributed by atoms with E-state index in [1.807, 2.05) is 7.05 Å². The van der Waals surface area contributed by atoms with Crippen LogP contribution in [0, 0.1) is 11.8 Å². The number of hydrogen-bond acceptors (Lipinski definition) is 3. The van der Waals surface area contributed by atoms with E-state index in [0.717, 1.165) is 38.4 Å². The van der Waals surface area contributed by atoms with Gasteiger partial charge in [0.15, 0.2) is 5.96 Å². The highest BCUT2D eigenvalue weighted by Gasteiger charge is 2.26. The minimum absolute atomic E-state index is 0.194. The highest BCUT2D eigenvalue weighted by Crippen LogP contribution is 2.20. The third-order valence-corrected chi connectivity index (χ3v) is 5.87. The molecule has 0 saturated carbocycles. The molecule has 2 rings (SSSR count). The monoisotopic (exact) mass is 365 g/mol. The summed E-state index contributed by atoms with van der Waals surface area (Å²) in [6.07, 6.45) is 8.03. The molecule has 2 atom stereocenters. The molecule has 2 saturated heterocycles. The maximum Gasteiger partial charge on any atom is 0.217 e. The van der Waals surface area contributed by atoms with Gasteiger partial charge in [-0.05, 0) is 50.6 Å². The van der Waals surface area contributed by atoms with Crippen LogP contribution in [0.5, 0.6) is 0 Å². The molecule has 0 aromatic carbocycles. The SMILES string of the molecule is CN=C(NCC(C(C)C)N1CCCCCC1)N1CCCC(CC(N)=O)C1. The van der Waals surface area contributed by atoms with Crippen LogP contribution in [-0.2, 0) is 4.79 Å². The Morgan fingerprint density at radius 1 is 1.15 bits per heavy atom. The number of likely N-dealkylation sites (tertiary alicyclic amines) is 2. The molecular weight excluding hydrogens is 326 g/mol. The first-order chi connectivity index (χ1) is 12.5. The molecular formula is C20H39N5O. The van der Waals surface area contributed by atoms with Gasteiger partial charge in [-0.1, -0.05) is 26.7 Å². The fraction of sp³-hybridized carbons (Fsp3) is 0.900. The second-order valence-corrected chi connectivity index (χ2v) is 8.31. The number of rotatable bonds is 6. The molecule has 2 aliphatic heterocycles. The predicted molar refractivity (Wildman–Crippen MR) is 108 cm³/mol. The molecule has 0 bridgehead atoms. The lowest BCUT2D eigenvalue weighted by Gasteiger charge is -2.37. The van der Waals surface area contributed by atoms with Crippen LogP contribution >= 0.6 is 0 Å². The van der Waals surface area contributed by atoms with Gasteiger partial charge in [0.25, 0.3) is 0 Å². The van der Waals surface area contributed by atoms with E-state index in [-0.39, 0.29) is 5.91 Å². The van der Waals surface area contributed by atoms with Crippen molar-refractivity contribution in [1.82, 2.24) is 15.1 Å². The van der Waals surface area contributed by atoms with Crippen LogP contribution < -0.4 is 11.1 Å². The van der Waals surface area contributed by atoms with Gasteiger partial charge < -0.3 is 16.0 Å². The van der Waals surface area contributed by atoms with Gasteiger partial charge in [-0.25, -0.2) is 0 Å². The molecule has 150 valence electrons. The number of aliphatic imine (C=N–C) groups is 1. The van der Waals surface area contributed by atoms with Gasteiger partial charge in [0.05, 0.1) is 0 Å². The van der Waals surface area contributed by atoms with Crippen LogP contribution in [0.15, 0.2) is 4.99 Å². The summed E-state index contributed by atoms with van der Waals surface area (Å²) in [4.78, 5) is 20.7. The first-order valence-corrected chi connectivity index (χ1v) is 10.5. The first-order valence-electron chi connectivity index (χ1n) is 10.5. The lowest BCUT2D eigenvalue weighted by Crippen LogP contribution is -2.52. The van der Waals surface area contributed by atoms with E-state index in [4.69, 9.17) is 5.73 Å². The summed E-state index contributed by atoms with van der Waals surface area (Å²) in [5, 5.41) is 3.63. The second-order valence-electron chi connectivity index (χ2n) is 8.31. The van der Waals surface area contributed by atoms with Gasteiger partial charge in [-0.2, -0.15) is 0 Å². The zero-order valence-corrected chi connectivity index (χ0v) is 17.0. The van der Waals surface area contributed by atoms with Crippen LogP contribution in [0.4, 0.5) is 0 Å². The van der Waals surface area contributed by atoms with E-state index < -0.39 is 0 Å². The number of nitrogens with zero attached hydrogens (tertiary/aromatic N) is 3. The van der Waals surface area contributed by atoms with E-state index in [1.54, 1.807) is 0 Å². The number of hydrogen-bond donors (Lipinski definition) is 2. The summed E-state index contributed by atoms with van der Waals surface area (Å²) in [5.74, 6) is 1.74. The third-order valence-electron chi connectivity index (χ3n) is 5.87. The topological polar surface area (TPSA) is 74.0 Å². The molecule has 0 aliphatic carbocycles. The van der Waals surface area contributed by atoms with Gasteiger partial charge in [0, 0.05) is 39.1 Å². The van der Waals surface area contributed by atoms with E-state index in [2.05, 4.69) is 34.0 Å². The van der Waals surface area contributed by atoms with Crippen LogP contribution in [0.2, 0.25) is 0 Å². The van der Waals surface area contributed by atoms with Gasteiger partial charge >= 0.3 is 0 Å². The molecule has 0 radical (unpaired) electrons. The number of carbonyl (C=O) groups excluding carboxylic acids is 1. The molecule has 0 spiro atoms. The average molecular weight is 366 g/mol. The number of amides is 1. The maximum absolute atomic E-state index is 11.3. The fourth-order valence-electron chi connectivity index (χ4n) is 4.45. The Hall–Kier alpha value is -1.30. The number of nitrogens with two attached hydrogens (primary N) is 1. The number of guanidine groups is 1. The molecule has 0 aromatic heterocycles. The lowest BCUT2D eigenvalue weighted by atomic mass is 9.95. The Labute approximate surface area is 159 Å². The Morgan fingerprint density at radius 2 is 1.85 bits per heavy atom. The number of nitrogens with one attached hydrogen (secondary N) is 1. The first kappa shape index (κ1) is 21.0.